The minimum Gasteiger partial charge on any atom is -0.496 e. The molecular weight excluding hydrogens is 406 g/mol. The third-order valence-electron chi connectivity index (χ3n) is 6.51. The van der Waals surface area contributed by atoms with E-state index in [4.69, 9.17) is 9.47 Å². The van der Waals surface area contributed by atoms with Crippen LogP contribution in [0.2, 0.25) is 0 Å². The van der Waals surface area contributed by atoms with Crippen LogP contribution >= 0.6 is 0 Å². The molecule has 2 aliphatic heterocycles. The number of methoxy groups -OCH3 is 1. The molecule has 7 nitrogen and oxygen atoms in total. The van der Waals surface area contributed by atoms with E-state index in [1.54, 1.807) is 25.3 Å². The predicted molar refractivity (Wildman–Crippen MR) is 125 cm³/mol. The fourth-order valence-electron chi connectivity index (χ4n) is 4.90. The number of benzene rings is 1. The van der Waals surface area contributed by atoms with Crippen molar-refractivity contribution in [2.24, 2.45) is 11.8 Å². The van der Waals surface area contributed by atoms with Gasteiger partial charge in [0, 0.05) is 32.7 Å². The summed E-state index contributed by atoms with van der Waals surface area (Å²) in [4.78, 5) is 30.6. The number of carbonyl (C=O) groups is 2. The van der Waals surface area contributed by atoms with E-state index in [0.29, 0.717) is 17.2 Å². The average Bonchev–Trinajstić information content (AvgIpc) is 2.76. The van der Waals surface area contributed by atoms with Gasteiger partial charge in [0.05, 0.1) is 24.9 Å². The second-order valence-electron chi connectivity index (χ2n) is 9.64. The van der Waals surface area contributed by atoms with Crippen LogP contribution in [0.1, 0.15) is 50.9 Å². The highest BCUT2D eigenvalue weighted by atomic mass is 16.5. The number of likely N-dealkylation sites (tertiary alicyclic amines) is 1. The Hall–Kier alpha value is -2.12. The van der Waals surface area contributed by atoms with E-state index < -0.39 is 6.04 Å². The van der Waals surface area contributed by atoms with E-state index >= 15 is 0 Å². The highest BCUT2D eigenvalue weighted by Gasteiger charge is 2.33. The molecule has 3 atom stereocenters. The molecule has 0 radical (unpaired) electrons. The number of rotatable bonds is 7. The van der Waals surface area contributed by atoms with Gasteiger partial charge in [-0.1, -0.05) is 26.0 Å². The maximum Gasteiger partial charge on any atom is 0.255 e. The van der Waals surface area contributed by atoms with Crippen LogP contribution in [0.15, 0.2) is 24.3 Å². The molecular formula is C25H39N3O4. The van der Waals surface area contributed by atoms with Gasteiger partial charge < -0.3 is 19.7 Å². The molecule has 2 saturated heterocycles. The van der Waals surface area contributed by atoms with Gasteiger partial charge in [0.1, 0.15) is 11.8 Å². The average molecular weight is 446 g/mol. The maximum atomic E-state index is 13.3. The molecule has 2 amide bonds. The fraction of sp³-hybridized carbons (Fsp3) is 0.680. The number of hydrogen-bond donors (Lipinski definition) is 1. The number of nitrogens with one attached hydrogen (secondary N) is 1. The molecule has 1 aromatic rings. The van der Waals surface area contributed by atoms with Crippen molar-refractivity contribution >= 4 is 11.8 Å². The summed E-state index contributed by atoms with van der Waals surface area (Å²) in [6.45, 7) is 12.7. The smallest absolute Gasteiger partial charge is 0.255 e. The number of carbonyl (C=O) groups excluding carboxylic acids is 2. The Morgan fingerprint density at radius 3 is 2.34 bits per heavy atom. The maximum absolute atomic E-state index is 13.3. The van der Waals surface area contributed by atoms with Crippen molar-refractivity contribution in [3.8, 4) is 5.75 Å². The van der Waals surface area contributed by atoms with Gasteiger partial charge in [-0.05, 0) is 50.7 Å². The highest BCUT2D eigenvalue weighted by Crippen LogP contribution is 2.23. The van der Waals surface area contributed by atoms with Crippen molar-refractivity contribution in [2.75, 3.05) is 39.8 Å². The molecule has 0 saturated carbocycles. The number of hydrogen-bond acceptors (Lipinski definition) is 5. The van der Waals surface area contributed by atoms with Crippen molar-refractivity contribution in [1.29, 1.82) is 0 Å². The molecule has 2 fully saturated rings. The van der Waals surface area contributed by atoms with Gasteiger partial charge in [0.25, 0.3) is 5.91 Å². The SMILES string of the molecule is COc1ccccc1C(=O)NC(C(=O)N1CCC(CN2CC(C)OC(C)C2)CC1)C(C)C. The van der Waals surface area contributed by atoms with Gasteiger partial charge in [0.2, 0.25) is 5.91 Å². The number of piperidine rings is 1. The van der Waals surface area contributed by atoms with Crippen LogP contribution in [0.25, 0.3) is 0 Å². The molecule has 32 heavy (non-hydrogen) atoms. The summed E-state index contributed by atoms with van der Waals surface area (Å²) < 4.78 is 11.1. The van der Waals surface area contributed by atoms with Crippen molar-refractivity contribution in [1.82, 2.24) is 15.1 Å². The molecule has 1 aromatic carbocycles. The fourth-order valence-corrected chi connectivity index (χ4v) is 4.90. The summed E-state index contributed by atoms with van der Waals surface area (Å²) in [6, 6.07) is 6.54. The number of morpholine rings is 1. The minimum absolute atomic E-state index is 0.00444. The Kier molecular flexibility index (Phi) is 8.54. The van der Waals surface area contributed by atoms with E-state index in [-0.39, 0.29) is 29.9 Å². The van der Waals surface area contributed by atoms with Crippen LogP contribution in [0.3, 0.4) is 0 Å². The quantitative estimate of drug-likeness (QED) is 0.699. The molecule has 7 heteroatoms. The summed E-state index contributed by atoms with van der Waals surface area (Å²) in [5.41, 5.74) is 0.445. The lowest BCUT2D eigenvalue weighted by Gasteiger charge is -2.40. The van der Waals surface area contributed by atoms with Crippen molar-refractivity contribution in [3.63, 3.8) is 0 Å². The molecule has 1 N–H and O–H groups in total. The standard InChI is InChI=1S/C25H39N3O4/c1-17(2)23(26-24(29)21-8-6-7-9-22(21)31-5)25(30)28-12-10-20(11-13-28)16-27-14-18(3)32-19(4)15-27/h6-9,17-20,23H,10-16H2,1-5H3,(H,26,29). The first kappa shape index (κ1) is 24.5. The Morgan fingerprint density at radius 2 is 1.75 bits per heavy atom. The lowest BCUT2D eigenvalue weighted by molar-refractivity contribution is -0.136. The van der Waals surface area contributed by atoms with Gasteiger partial charge in [-0.3, -0.25) is 14.5 Å². The second-order valence-corrected chi connectivity index (χ2v) is 9.64. The van der Waals surface area contributed by atoms with Crippen LogP contribution < -0.4 is 10.1 Å². The zero-order valence-electron chi connectivity index (χ0n) is 20.2. The highest BCUT2D eigenvalue weighted by molar-refractivity contribution is 5.99. The largest absolute Gasteiger partial charge is 0.496 e. The van der Waals surface area contributed by atoms with Crippen LogP contribution in [0, 0.1) is 11.8 Å². The van der Waals surface area contributed by atoms with Crippen molar-refractivity contribution in [3.05, 3.63) is 29.8 Å². The van der Waals surface area contributed by atoms with Crippen molar-refractivity contribution in [2.45, 2.75) is 58.8 Å². The zero-order valence-corrected chi connectivity index (χ0v) is 20.2. The summed E-state index contributed by atoms with van der Waals surface area (Å²) >= 11 is 0. The third-order valence-corrected chi connectivity index (χ3v) is 6.51. The first-order valence-electron chi connectivity index (χ1n) is 11.9. The van der Waals surface area contributed by atoms with Crippen LogP contribution in [0.4, 0.5) is 0 Å². The van der Waals surface area contributed by atoms with Gasteiger partial charge in [-0.2, -0.15) is 0 Å². The monoisotopic (exact) mass is 445 g/mol. The molecule has 0 spiro atoms. The number of para-hydroxylation sites is 1. The summed E-state index contributed by atoms with van der Waals surface area (Å²) in [5.74, 6) is 0.829. The lowest BCUT2D eigenvalue weighted by Crippen LogP contribution is -2.54. The van der Waals surface area contributed by atoms with Gasteiger partial charge in [0.15, 0.2) is 0 Å². The molecule has 3 unspecified atom stereocenters. The first-order valence-corrected chi connectivity index (χ1v) is 11.9. The molecule has 0 aromatic heterocycles. The first-order chi connectivity index (χ1) is 15.3. The van der Waals surface area contributed by atoms with Crippen LogP contribution in [-0.4, -0.2) is 79.7 Å². The summed E-state index contributed by atoms with van der Waals surface area (Å²) in [6.07, 6.45) is 2.55. The number of ether oxygens (including phenoxy) is 2. The lowest BCUT2D eigenvalue weighted by atomic mass is 9.94. The Balaban J connectivity index is 1.55. The van der Waals surface area contributed by atoms with Gasteiger partial charge in [-0.25, -0.2) is 0 Å². The minimum atomic E-state index is -0.551. The van der Waals surface area contributed by atoms with Crippen LogP contribution in [0.5, 0.6) is 5.75 Å². The van der Waals surface area contributed by atoms with Gasteiger partial charge in [-0.15, -0.1) is 0 Å². The Labute approximate surface area is 192 Å². The van der Waals surface area contributed by atoms with E-state index in [1.807, 2.05) is 24.8 Å². The van der Waals surface area contributed by atoms with Gasteiger partial charge >= 0.3 is 0 Å². The zero-order chi connectivity index (χ0) is 23.3. The molecule has 0 aliphatic carbocycles. The molecule has 3 rings (SSSR count). The molecule has 178 valence electrons. The molecule has 2 heterocycles. The summed E-state index contributed by atoms with van der Waals surface area (Å²) in [5, 5.41) is 2.96. The van der Waals surface area contributed by atoms with E-state index in [9.17, 15) is 9.59 Å². The normalized spacial score (nSPS) is 23.8. The van der Waals surface area contributed by atoms with E-state index in [2.05, 4.69) is 24.1 Å². The Bertz CT molecular complexity index is 766. The third kappa shape index (κ3) is 6.23. The topological polar surface area (TPSA) is 71.1 Å². The number of amides is 2. The van der Waals surface area contributed by atoms with E-state index in [0.717, 1.165) is 45.6 Å². The second kappa shape index (κ2) is 11.1. The van der Waals surface area contributed by atoms with E-state index in [1.165, 1.54) is 0 Å². The summed E-state index contributed by atoms with van der Waals surface area (Å²) in [7, 11) is 1.54. The number of nitrogens with zero attached hydrogens (tertiary/aromatic N) is 2. The predicted octanol–water partition coefficient (Wildman–Crippen LogP) is 2.80. The molecule has 2 aliphatic rings. The Morgan fingerprint density at radius 1 is 1.12 bits per heavy atom. The van der Waals surface area contributed by atoms with Crippen LogP contribution in [-0.2, 0) is 9.53 Å². The van der Waals surface area contributed by atoms with Crippen molar-refractivity contribution < 1.29 is 19.1 Å². The molecule has 0 bridgehead atoms.